The molecule has 0 saturated carbocycles. The average Bonchev–Trinajstić information content (AvgIpc) is 2.78. The maximum absolute atomic E-state index is 13.2. The summed E-state index contributed by atoms with van der Waals surface area (Å²) in [4.78, 5) is 37.6. The maximum atomic E-state index is 13.2. The van der Waals surface area contributed by atoms with Crippen LogP contribution in [0.15, 0.2) is 36.4 Å². The third-order valence-corrected chi connectivity index (χ3v) is 6.27. The molecule has 0 radical (unpaired) electrons. The number of hydrogen-bond donors (Lipinski definition) is 2. The zero-order chi connectivity index (χ0) is 24.2. The first-order valence-electron chi connectivity index (χ1n) is 11.6. The minimum atomic E-state index is -0.669. The van der Waals surface area contributed by atoms with Gasteiger partial charge in [-0.25, -0.2) is 4.79 Å². The van der Waals surface area contributed by atoms with Gasteiger partial charge in [-0.05, 0) is 61.9 Å². The van der Waals surface area contributed by atoms with Crippen molar-refractivity contribution < 1.29 is 34.1 Å². The topological polar surface area (TPSA) is 110 Å². The second kappa shape index (κ2) is 10.1. The molecule has 2 heterocycles. The summed E-state index contributed by atoms with van der Waals surface area (Å²) >= 11 is 0. The Bertz CT molecular complexity index is 1130. The van der Waals surface area contributed by atoms with Crippen LogP contribution in [-0.4, -0.2) is 34.0 Å². The Balaban J connectivity index is 1.81. The summed E-state index contributed by atoms with van der Waals surface area (Å²) in [6.07, 6.45) is 6.53. The number of esters is 2. The molecule has 0 spiro atoms. The second-order valence-electron chi connectivity index (χ2n) is 8.86. The van der Waals surface area contributed by atoms with Gasteiger partial charge in [-0.15, -0.1) is 0 Å². The lowest BCUT2D eigenvalue weighted by molar-refractivity contribution is -0.135. The summed E-state index contributed by atoms with van der Waals surface area (Å²) in [5.74, 6) is -1.48. The van der Waals surface area contributed by atoms with Crippen LogP contribution < -0.4 is 4.74 Å². The van der Waals surface area contributed by atoms with Gasteiger partial charge in [0, 0.05) is 24.3 Å². The number of phenolic OH excluding ortho intramolecular Hbond substituents is 2. The van der Waals surface area contributed by atoms with E-state index in [-0.39, 0.29) is 35.0 Å². The van der Waals surface area contributed by atoms with E-state index >= 15 is 0 Å². The van der Waals surface area contributed by atoms with Gasteiger partial charge in [0.25, 0.3) is 0 Å². The smallest absolute Gasteiger partial charge is 0.342 e. The van der Waals surface area contributed by atoms with E-state index in [9.17, 15) is 24.6 Å². The monoisotopic (exact) mass is 464 g/mol. The SMILES string of the molecule is C[C@H]1CCCC(=O)CCC/C=C/c2cc3c(c(O)c2C(=O)O1)[C@@H](c1ccc(O)cc1)CC(=O)O3. The molecule has 2 atom stereocenters. The average molecular weight is 465 g/mol. The van der Waals surface area contributed by atoms with Crippen LogP contribution in [0.2, 0.25) is 0 Å². The molecular formula is C27H28O7. The number of hydrogen-bond acceptors (Lipinski definition) is 7. The van der Waals surface area contributed by atoms with Gasteiger partial charge < -0.3 is 19.7 Å². The number of aromatic hydroxyl groups is 2. The molecular weight excluding hydrogens is 436 g/mol. The lowest BCUT2D eigenvalue weighted by Crippen LogP contribution is -2.23. The standard InChI is InChI=1S/C27H28O7/c1-16-6-5-9-19(28)8-4-2-3-7-18-14-22-25(26(31)24(18)27(32)33-16)21(15-23(30)34-22)17-10-12-20(29)13-11-17/h3,7,10-14,16,21,29,31H,2,4-6,8-9,15H2,1H3/b7-3+/t16-,21+/m0/s1. The van der Waals surface area contributed by atoms with Crippen molar-refractivity contribution in [2.24, 2.45) is 0 Å². The van der Waals surface area contributed by atoms with Crippen LogP contribution in [-0.2, 0) is 14.3 Å². The Labute approximate surface area is 198 Å². The lowest BCUT2D eigenvalue weighted by atomic mass is 9.83. The van der Waals surface area contributed by atoms with Gasteiger partial charge in [0.05, 0.1) is 12.5 Å². The van der Waals surface area contributed by atoms with Gasteiger partial charge >= 0.3 is 11.9 Å². The zero-order valence-electron chi connectivity index (χ0n) is 19.1. The first-order chi connectivity index (χ1) is 16.3. The minimum Gasteiger partial charge on any atom is -0.508 e. The fraction of sp³-hybridized carbons (Fsp3) is 0.370. The van der Waals surface area contributed by atoms with Crippen molar-refractivity contribution in [1.82, 2.24) is 0 Å². The fourth-order valence-corrected chi connectivity index (χ4v) is 4.51. The van der Waals surface area contributed by atoms with Gasteiger partial charge in [-0.1, -0.05) is 24.3 Å². The van der Waals surface area contributed by atoms with Gasteiger partial charge in [0.1, 0.15) is 28.6 Å². The highest BCUT2D eigenvalue weighted by Crippen LogP contribution is 2.47. The molecule has 2 aliphatic heterocycles. The number of cyclic esters (lactones) is 1. The summed E-state index contributed by atoms with van der Waals surface area (Å²) < 4.78 is 11.1. The third kappa shape index (κ3) is 5.14. The molecule has 2 N–H and O–H groups in total. The van der Waals surface area contributed by atoms with Crippen LogP contribution in [0.3, 0.4) is 0 Å². The van der Waals surface area contributed by atoms with Crippen molar-refractivity contribution in [2.75, 3.05) is 0 Å². The number of rotatable bonds is 1. The van der Waals surface area contributed by atoms with Crippen LogP contribution in [0.25, 0.3) is 6.08 Å². The number of allylic oxidation sites excluding steroid dienone is 1. The van der Waals surface area contributed by atoms with E-state index in [0.29, 0.717) is 55.2 Å². The highest BCUT2D eigenvalue weighted by molar-refractivity contribution is 5.98. The van der Waals surface area contributed by atoms with Crippen LogP contribution in [0.5, 0.6) is 17.2 Å². The quantitative estimate of drug-likeness (QED) is 0.450. The van der Waals surface area contributed by atoms with Crippen molar-refractivity contribution in [3.63, 3.8) is 0 Å². The molecule has 178 valence electrons. The number of Topliss-reactive ketones (excluding diaryl/α,β-unsaturated/α-hetero) is 1. The van der Waals surface area contributed by atoms with Crippen LogP contribution in [0.1, 0.15) is 84.8 Å². The Morgan fingerprint density at radius 1 is 1.00 bits per heavy atom. The van der Waals surface area contributed by atoms with Crippen molar-refractivity contribution in [3.05, 3.63) is 58.7 Å². The summed E-state index contributed by atoms with van der Waals surface area (Å²) in [6.45, 7) is 1.76. The molecule has 2 aliphatic rings. The van der Waals surface area contributed by atoms with E-state index in [1.165, 1.54) is 12.1 Å². The van der Waals surface area contributed by atoms with Crippen molar-refractivity contribution >= 4 is 23.8 Å². The molecule has 34 heavy (non-hydrogen) atoms. The Hall–Kier alpha value is -3.61. The van der Waals surface area contributed by atoms with E-state index in [1.807, 2.05) is 6.08 Å². The number of carbonyl (C=O) groups excluding carboxylic acids is 3. The number of ketones is 1. The number of carbonyl (C=O) groups is 3. The molecule has 0 bridgehead atoms. The van der Waals surface area contributed by atoms with Crippen LogP contribution in [0.4, 0.5) is 0 Å². The molecule has 0 amide bonds. The largest absolute Gasteiger partial charge is 0.508 e. The highest BCUT2D eigenvalue weighted by Gasteiger charge is 2.35. The lowest BCUT2D eigenvalue weighted by Gasteiger charge is -2.27. The summed E-state index contributed by atoms with van der Waals surface area (Å²) in [6, 6.07) is 7.95. The van der Waals surface area contributed by atoms with Crippen molar-refractivity contribution in [3.8, 4) is 17.2 Å². The number of ether oxygens (including phenoxy) is 2. The molecule has 0 unspecified atom stereocenters. The number of fused-ring (bicyclic) bond motifs is 2. The van der Waals surface area contributed by atoms with E-state index in [4.69, 9.17) is 9.47 Å². The van der Waals surface area contributed by atoms with Crippen LogP contribution in [0, 0.1) is 0 Å². The minimum absolute atomic E-state index is 0.0144. The fourth-order valence-electron chi connectivity index (χ4n) is 4.51. The first kappa shape index (κ1) is 23.5. The van der Waals surface area contributed by atoms with Crippen molar-refractivity contribution in [1.29, 1.82) is 0 Å². The molecule has 2 aromatic carbocycles. The Morgan fingerprint density at radius 2 is 1.74 bits per heavy atom. The number of phenols is 2. The predicted octanol–water partition coefficient (Wildman–Crippen LogP) is 5.02. The molecule has 0 aliphatic carbocycles. The second-order valence-corrected chi connectivity index (χ2v) is 8.86. The summed E-state index contributed by atoms with van der Waals surface area (Å²) in [5.41, 5.74) is 1.45. The summed E-state index contributed by atoms with van der Waals surface area (Å²) in [7, 11) is 0. The van der Waals surface area contributed by atoms with Crippen molar-refractivity contribution in [2.45, 2.75) is 63.9 Å². The van der Waals surface area contributed by atoms with E-state index < -0.39 is 24.0 Å². The zero-order valence-corrected chi connectivity index (χ0v) is 19.1. The maximum Gasteiger partial charge on any atom is 0.342 e. The number of benzene rings is 2. The third-order valence-electron chi connectivity index (χ3n) is 6.27. The van der Waals surface area contributed by atoms with E-state index in [2.05, 4.69) is 0 Å². The highest BCUT2D eigenvalue weighted by atomic mass is 16.5. The Morgan fingerprint density at radius 3 is 2.50 bits per heavy atom. The normalized spacial score (nSPS) is 22.6. The molecule has 4 rings (SSSR count). The van der Waals surface area contributed by atoms with E-state index in [1.54, 1.807) is 31.2 Å². The van der Waals surface area contributed by atoms with Gasteiger partial charge in [0.2, 0.25) is 0 Å². The van der Waals surface area contributed by atoms with Gasteiger partial charge in [-0.3, -0.25) is 9.59 Å². The molecule has 2 aromatic rings. The predicted molar refractivity (Wildman–Crippen MR) is 125 cm³/mol. The van der Waals surface area contributed by atoms with Crippen LogP contribution >= 0.6 is 0 Å². The Kier molecular flexibility index (Phi) is 7.01. The first-order valence-corrected chi connectivity index (χ1v) is 11.6. The molecule has 0 aromatic heterocycles. The summed E-state index contributed by atoms with van der Waals surface area (Å²) in [5, 5.41) is 21.0. The van der Waals surface area contributed by atoms with Gasteiger partial charge in [-0.2, -0.15) is 0 Å². The molecule has 0 fully saturated rings. The van der Waals surface area contributed by atoms with E-state index in [0.717, 1.165) is 0 Å². The molecule has 7 heteroatoms. The molecule has 7 nitrogen and oxygen atoms in total. The molecule has 0 saturated heterocycles. The van der Waals surface area contributed by atoms with Gasteiger partial charge in [0.15, 0.2) is 0 Å².